The Morgan fingerprint density at radius 1 is 1.31 bits per heavy atom. The molecule has 0 spiro atoms. The Kier molecular flexibility index (Phi) is 9.25. The van der Waals surface area contributed by atoms with Gasteiger partial charge in [-0.1, -0.05) is 19.3 Å². The molecule has 0 aliphatic rings. The summed E-state index contributed by atoms with van der Waals surface area (Å²) in [6.45, 7) is 2.12. The van der Waals surface area contributed by atoms with Crippen molar-refractivity contribution in [2.45, 2.75) is 45.4 Å². The quantitative estimate of drug-likeness (QED) is 0.279. The van der Waals surface area contributed by atoms with Crippen molar-refractivity contribution in [2.24, 2.45) is 0 Å². The van der Waals surface area contributed by atoms with E-state index < -0.39 is 0 Å². The third-order valence-electron chi connectivity index (χ3n) is 1.67. The third-order valence-corrected chi connectivity index (χ3v) is 1.94. The predicted octanol–water partition coefficient (Wildman–Crippen LogP) is 3.16. The van der Waals surface area contributed by atoms with E-state index in [0.717, 1.165) is 32.1 Å². The molecule has 0 aromatic heterocycles. The number of halogens is 1. The lowest BCUT2D eigenvalue weighted by Crippen LogP contribution is -1.93. The van der Waals surface area contributed by atoms with Gasteiger partial charge < -0.3 is 0 Å². The molecule has 0 aliphatic heterocycles. The van der Waals surface area contributed by atoms with Gasteiger partial charge in [0.05, 0.1) is 0 Å². The van der Waals surface area contributed by atoms with Crippen LogP contribution in [0.5, 0.6) is 0 Å². The number of hydrogen-bond donors (Lipinski definition) is 0. The van der Waals surface area contributed by atoms with Gasteiger partial charge in [0, 0.05) is 18.7 Å². The second kappa shape index (κ2) is 9.61. The van der Waals surface area contributed by atoms with Crippen LogP contribution in [0.4, 0.5) is 0 Å². The number of ketones is 1. The van der Waals surface area contributed by atoms with Crippen LogP contribution < -0.4 is 0 Å². The van der Waals surface area contributed by atoms with Crippen molar-refractivity contribution in [1.29, 1.82) is 0 Å². The van der Waals surface area contributed by atoms with Crippen LogP contribution in [0.25, 0.3) is 0 Å². The molecule has 0 heterocycles. The van der Waals surface area contributed by atoms with E-state index in [1.54, 1.807) is 0 Å². The zero-order valence-electron chi connectivity index (χ0n) is 8.24. The molecule has 0 rings (SSSR count). The molecular weight excluding hydrogens is 184 g/mol. The summed E-state index contributed by atoms with van der Waals surface area (Å²) in [5.74, 6) is 6.22. The average Bonchev–Trinajstić information content (AvgIpc) is 2.13. The van der Waals surface area contributed by atoms with Crippen LogP contribution in [0.2, 0.25) is 0 Å². The molecule has 0 saturated carbocycles. The van der Waals surface area contributed by atoms with Gasteiger partial charge in [0.1, 0.15) is 0 Å². The molecule has 2 heteroatoms. The number of carbonyl (C=O) groups excluding carboxylic acids is 1. The Labute approximate surface area is 85.9 Å². The molecule has 0 aromatic carbocycles. The average molecular weight is 201 g/mol. The fraction of sp³-hybridized carbons (Fsp3) is 0.727. The Morgan fingerprint density at radius 3 is 2.69 bits per heavy atom. The first-order chi connectivity index (χ1) is 6.31. The molecule has 0 aliphatic carbocycles. The van der Waals surface area contributed by atoms with Crippen LogP contribution in [0.3, 0.4) is 0 Å². The van der Waals surface area contributed by atoms with Gasteiger partial charge in [0.25, 0.3) is 0 Å². The van der Waals surface area contributed by atoms with Crippen LogP contribution in [-0.4, -0.2) is 11.7 Å². The van der Waals surface area contributed by atoms with Gasteiger partial charge in [0.2, 0.25) is 5.78 Å². The van der Waals surface area contributed by atoms with Crippen LogP contribution in [-0.2, 0) is 4.79 Å². The Bertz CT molecular complexity index is 188. The molecule has 0 radical (unpaired) electrons. The zero-order chi connectivity index (χ0) is 9.94. The van der Waals surface area contributed by atoms with Crippen LogP contribution in [0, 0.1) is 11.8 Å². The monoisotopic (exact) mass is 200 g/mol. The van der Waals surface area contributed by atoms with Crippen LogP contribution in [0.15, 0.2) is 0 Å². The van der Waals surface area contributed by atoms with E-state index >= 15 is 0 Å². The van der Waals surface area contributed by atoms with Crippen molar-refractivity contribution in [3.05, 3.63) is 0 Å². The van der Waals surface area contributed by atoms with Crippen molar-refractivity contribution < 1.29 is 4.79 Å². The van der Waals surface area contributed by atoms with Crippen LogP contribution >= 0.6 is 11.6 Å². The highest BCUT2D eigenvalue weighted by molar-refractivity contribution is 6.17. The summed E-state index contributed by atoms with van der Waals surface area (Å²) >= 11 is 5.48. The molecular formula is C11H17ClO. The van der Waals surface area contributed by atoms with Crippen molar-refractivity contribution in [2.75, 3.05) is 5.88 Å². The molecule has 0 unspecified atom stereocenters. The van der Waals surface area contributed by atoms with Gasteiger partial charge in [-0.2, -0.15) is 0 Å². The maximum absolute atomic E-state index is 11.1. The number of carbonyl (C=O) groups is 1. The van der Waals surface area contributed by atoms with E-state index in [2.05, 4.69) is 18.8 Å². The predicted molar refractivity (Wildman–Crippen MR) is 56.9 cm³/mol. The highest BCUT2D eigenvalue weighted by atomic mass is 35.5. The van der Waals surface area contributed by atoms with E-state index in [9.17, 15) is 4.79 Å². The molecule has 0 aromatic rings. The van der Waals surface area contributed by atoms with Crippen molar-refractivity contribution in [3.63, 3.8) is 0 Å². The first kappa shape index (κ1) is 12.5. The summed E-state index contributed by atoms with van der Waals surface area (Å²) in [5, 5.41) is 0. The smallest absolute Gasteiger partial charge is 0.205 e. The first-order valence-electron chi connectivity index (χ1n) is 4.89. The van der Waals surface area contributed by atoms with Gasteiger partial charge >= 0.3 is 0 Å². The van der Waals surface area contributed by atoms with E-state index in [4.69, 9.17) is 11.6 Å². The van der Waals surface area contributed by atoms with Crippen molar-refractivity contribution in [1.82, 2.24) is 0 Å². The normalized spacial score (nSPS) is 9.08. The number of rotatable bonds is 6. The van der Waals surface area contributed by atoms with Crippen molar-refractivity contribution >= 4 is 17.4 Å². The number of unbranched alkanes of at least 4 members (excludes halogenated alkanes) is 3. The standard InChI is InChI=1S/C11H17ClO/c1-2-3-4-5-8-11(13)9-6-7-10-12/h2-4,6-7,9-10H2,1H3. The molecule has 0 bridgehead atoms. The lowest BCUT2D eigenvalue weighted by atomic mass is 10.2. The summed E-state index contributed by atoms with van der Waals surface area (Å²) in [6.07, 6.45) is 5.40. The number of alkyl halides is 1. The number of Topliss-reactive ketones (excluding diaryl/α,β-unsaturated/α-hetero) is 1. The minimum atomic E-state index is 0.0567. The summed E-state index contributed by atoms with van der Waals surface area (Å²) in [6, 6.07) is 0. The Balaban J connectivity index is 3.41. The summed E-state index contributed by atoms with van der Waals surface area (Å²) in [4.78, 5) is 11.1. The summed E-state index contributed by atoms with van der Waals surface area (Å²) < 4.78 is 0. The maximum Gasteiger partial charge on any atom is 0.205 e. The van der Waals surface area contributed by atoms with E-state index in [1.165, 1.54) is 0 Å². The van der Waals surface area contributed by atoms with Gasteiger partial charge in [-0.15, -0.1) is 11.6 Å². The molecule has 0 fully saturated rings. The maximum atomic E-state index is 11.1. The highest BCUT2D eigenvalue weighted by Crippen LogP contribution is 1.97. The third kappa shape index (κ3) is 9.43. The largest absolute Gasteiger partial charge is 0.285 e. The second-order valence-electron chi connectivity index (χ2n) is 2.97. The van der Waals surface area contributed by atoms with Crippen LogP contribution in [0.1, 0.15) is 45.4 Å². The second-order valence-corrected chi connectivity index (χ2v) is 3.35. The Hall–Kier alpha value is -0.480. The fourth-order valence-electron chi connectivity index (χ4n) is 0.869. The van der Waals surface area contributed by atoms with E-state index in [1.807, 2.05) is 0 Å². The SMILES string of the molecule is CCCCC#CC(=O)CCCCCl. The molecule has 1 nitrogen and oxygen atoms in total. The van der Waals surface area contributed by atoms with Gasteiger partial charge in [-0.25, -0.2) is 0 Å². The molecule has 0 saturated heterocycles. The summed E-state index contributed by atoms with van der Waals surface area (Å²) in [5.41, 5.74) is 0. The van der Waals surface area contributed by atoms with Crippen molar-refractivity contribution in [3.8, 4) is 11.8 Å². The Morgan fingerprint density at radius 2 is 2.08 bits per heavy atom. The zero-order valence-corrected chi connectivity index (χ0v) is 8.99. The number of hydrogen-bond acceptors (Lipinski definition) is 1. The minimum absolute atomic E-state index is 0.0567. The van der Waals surface area contributed by atoms with Gasteiger partial charge in [-0.05, 0) is 25.2 Å². The lowest BCUT2D eigenvalue weighted by molar-refractivity contribution is -0.113. The van der Waals surface area contributed by atoms with Gasteiger partial charge in [-0.3, -0.25) is 4.79 Å². The first-order valence-corrected chi connectivity index (χ1v) is 5.42. The van der Waals surface area contributed by atoms with E-state index in [-0.39, 0.29) is 5.78 Å². The molecule has 0 atom stereocenters. The topological polar surface area (TPSA) is 17.1 Å². The molecule has 13 heavy (non-hydrogen) atoms. The molecule has 0 amide bonds. The fourth-order valence-corrected chi connectivity index (χ4v) is 1.06. The molecule has 0 N–H and O–H groups in total. The van der Waals surface area contributed by atoms with Gasteiger partial charge in [0.15, 0.2) is 0 Å². The van der Waals surface area contributed by atoms with E-state index in [0.29, 0.717) is 12.3 Å². The minimum Gasteiger partial charge on any atom is -0.285 e. The lowest BCUT2D eigenvalue weighted by Gasteiger charge is -1.90. The summed E-state index contributed by atoms with van der Waals surface area (Å²) in [7, 11) is 0. The highest BCUT2D eigenvalue weighted by Gasteiger charge is 1.95. The molecule has 74 valence electrons.